The lowest BCUT2D eigenvalue weighted by atomic mass is 10.2. The number of hydrogen-bond acceptors (Lipinski definition) is 4. The molecule has 0 aliphatic carbocycles. The van der Waals surface area contributed by atoms with Crippen molar-refractivity contribution >= 4 is 34.5 Å². The Morgan fingerprint density at radius 1 is 1.42 bits per heavy atom. The molecule has 0 bridgehead atoms. The number of rotatable bonds is 4. The molecular weight excluding hydrogens is 348 g/mol. The first-order chi connectivity index (χ1) is 11.4. The van der Waals surface area contributed by atoms with Crippen LogP contribution in [0.3, 0.4) is 0 Å². The third-order valence-corrected chi connectivity index (χ3v) is 4.62. The average molecular weight is 363 g/mol. The summed E-state index contributed by atoms with van der Waals surface area (Å²) in [5.41, 5.74) is 2.24. The molecule has 3 rings (SSSR count). The minimum absolute atomic E-state index is 0.0228. The summed E-state index contributed by atoms with van der Waals surface area (Å²) in [6.45, 7) is 3.63. The quantitative estimate of drug-likeness (QED) is 0.748. The number of amides is 1. The number of nitrogens with zero attached hydrogens (tertiary/aromatic N) is 2. The van der Waals surface area contributed by atoms with Crippen LogP contribution < -0.4 is 10.9 Å². The van der Waals surface area contributed by atoms with Crippen molar-refractivity contribution in [3.05, 3.63) is 62.0 Å². The highest BCUT2D eigenvalue weighted by Gasteiger charge is 2.17. The van der Waals surface area contributed by atoms with Crippen molar-refractivity contribution in [1.29, 1.82) is 0 Å². The topological polar surface area (TPSA) is 79.8 Å². The van der Waals surface area contributed by atoms with Gasteiger partial charge in [-0.2, -0.15) is 4.68 Å². The summed E-state index contributed by atoms with van der Waals surface area (Å²) in [6.07, 6.45) is -0.0228. The molecule has 0 aliphatic rings. The first-order valence-corrected chi connectivity index (χ1v) is 8.48. The van der Waals surface area contributed by atoms with Gasteiger partial charge >= 0.3 is 0 Å². The second kappa shape index (κ2) is 6.62. The van der Waals surface area contributed by atoms with Gasteiger partial charge in [-0.3, -0.25) is 14.7 Å². The largest absolute Gasteiger partial charge is 0.326 e. The summed E-state index contributed by atoms with van der Waals surface area (Å²) in [5, 5.41) is 8.67. The highest BCUT2D eigenvalue weighted by atomic mass is 35.5. The van der Waals surface area contributed by atoms with Gasteiger partial charge in [-0.25, -0.2) is 4.98 Å². The van der Waals surface area contributed by atoms with E-state index in [0.717, 1.165) is 5.69 Å². The van der Waals surface area contributed by atoms with Gasteiger partial charge in [0.1, 0.15) is 0 Å². The van der Waals surface area contributed by atoms with Crippen LogP contribution in [-0.2, 0) is 11.2 Å². The number of aromatic amines is 1. The summed E-state index contributed by atoms with van der Waals surface area (Å²) in [6, 6.07) is 6.86. The molecule has 6 nitrogen and oxygen atoms in total. The zero-order valence-electron chi connectivity index (χ0n) is 13.1. The first-order valence-electron chi connectivity index (χ1n) is 7.22. The van der Waals surface area contributed by atoms with Crippen molar-refractivity contribution in [3.8, 4) is 5.13 Å². The van der Waals surface area contributed by atoms with Crippen LogP contribution in [0.2, 0.25) is 5.02 Å². The van der Waals surface area contributed by atoms with Gasteiger partial charge in [0.05, 0.1) is 12.1 Å². The minimum atomic E-state index is -0.279. The van der Waals surface area contributed by atoms with Gasteiger partial charge in [0.2, 0.25) is 11.0 Å². The Balaban J connectivity index is 1.81. The lowest BCUT2D eigenvalue weighted by molar-refractivity contribution is -0.115. The molecule has 0 spiro atoms. The Labute approximate surface area is 147 Å². The summed E-state index contributed by atoms with van der Waals surface area (Å²) < 4.78 is 1.37. The van der Waals surface area contributed by atoms with E-state index in [1.165, 1.54) is 16.0 Å². The molecular formula is C16H15ClN4O2S. The Hall–Kier alpha value is -2.38. The smallest absolute Gasteiger partial charge is 0.277 e. The number of anilines is 1. The molecule has 8 heteroatoms. The monoisotopic (exact) mass is 362 g/mol. The number of thiazole rings is 1. The lowest BCUT2D eigenvalue weighted by Crippen LogP contribution is -2.22. The molecule has 0 atom stereocenters. The molecule has 3 aromatic rings. The molecule has 2 aromatic heterocycles. The normalized spacial score (nSPS) is 10.8. The van der Waals surface area contributed by atoms with Gasteiger partial charge in [-0.1, -0.05) is 17.7 Å². The van der Waals surface area contributed by atoms with E-state index in [-0.39, 0.29) is 17.9 Å². The molecule has 2 heterocycles. The number of hydrogen-bond donors (Lipinski definition) is 2. The van der Waals surface area contributed by atoms with Crippen LogP contribution in [0.4, 0.5) is 5.69 Å². The van der Waals surface area contributed by atoms with Crippen molar-refractivity contribution in [2.75, 3.05) is 5.32 Å². The molecule has 2 N–H and O–H groups in total. The maximum Gasteiger partial charge on any atom is 0.277 e. The standard InChI is InChI=1S/C16H15ClN4O2S/c1-9-8-24-16(18-9)21-15(23)13(10(2)20-21)7-14(22)19-12-5-3-4-11(17)6-12/h3-6,8,20H,7H2,1-2H3,(H,19,22). The second-order valence-electron chi connectivity index (χ2n) is 5.36. The molecule has 0 aliphatic heterocycles. The van der Waals surface area contributed by atoms with Crippen LogP contribution in [0.25, 0.3) is 5.13 Å². The van der Waals surface area contributed by atoms with Crippen LogP contribution >= 0.6 is 22.9 Å². The summed E-state index contributed by atoms with van der Waals surface area (Å²) in [7, 11) is 0. The van der Waals surface area contributed by atoms with Gasteiger partial charge in [-0.05, 0) is 32.0 Å². The highest BCUT2D eigenvalue weighted by molar-refractivity contribution is 7.12. The van der Waals surface area contributed by atoms with Crippen molar-refractivity contribution in [2.24, 2.45) is 0 Å². The van der Waals surface area contributed by atoms with Gasteiger partial charge in [0.25, 0.3) is 5.56 Å². The Bertz CT molecular complexity index is 957. The zero-order valence-corrected chi connectivity index (χ0v) is 14.7. The van der Waals surface area contributed by atoms with Crippen molar-refractivity contribution in [1.82, 2.24) is 14.8 Å². The SMILES string of the molecule is Cc1csc(-n2[nH]c(C)c(CC(=O)Nc3cccc(Cl)c3)c2=O)n1. The van der Waals surface area contributed by atoms with Gasteiger partial charge in [-0.15, -0.1) is 11.3 Å². The Morgan fingerprint density at radius 3 is 2.88 bits per heavy atom. The zero-order chi connectivity index (χ0) is 17.3. The van der Waals surface area contributed by atoms with Crippen LogP contribution in [0, 0.1) is 13.8 Å². The minimum Gasteiger partial charge on any atom is -0.326 e. The fraction of sp³-hybridized carbons (Fsp3) is 0.188. The third-order valence-electron chi connectivity index (χ3n) is 3.44. The van der Waals surface area contributed by atoms with E-state index in [9.17, 15) is 9.59 Å². The van der Waals surface area contributed by atoms with Gasteiger partial charge < -0.3 is 5.32 Å². The number of aromatic nitrogens is 3. The number of carbonyl (C=O) groups excluding carboxylic acids is 1. The molecule has 24 heavy (non-hydrogen) atoms. The lowest BCUT2D eigenvalue weighted by Gasteiger charge is -2.04. The Morgan fingerprint density at radius 2 is 2.21 bits per heavy atom. The Kier molecular flexibility index (Phi) is 4.55. The first kappa shape index (κ1) is 16.5. The molecule has 124 valence electrons. The van der Waals surface area contributed by atoms with E-state index in [0.29, 0.717) is 27.1 Å². The van der Waals surface area contributed by atoms with Crippen LogP contribution in [0.5, 0.6) is 0 Å². The molecule has 1 aromatic carbocycles. The van der Waals surface area contributed by atoms with E-state index in [2.05, 4.69) is 15.4 Å². The van der Waals surface area contributed by atoms with Crippen LogP contribution in [0.1, 0.15) is 17.0 Å². The van der Waals surface area contributed by atoms with E-state index in [4.69, 9.17) is 11.6 Å². The van der Waals surface area contributed by atoms with Crippen LogP contribution in [-0.4, -0.2) is 20.7 Å². The van der Waals surface area contributed by atoms with E-state index in [1.807, 2.05) is 12.3 Å². The number of carbonyl (C=O) groups is 1. The predicted molar refractivity (Wildman–Crippen MR) is 95.3 cm³/mol. The fourth-order valence-corrected chi connectivity index (χ4v) is 3.25. The van der Waals surface area contributed by atoms with Gasteiger partial charge in [0.15, 0.2) is 0 Å². The third kappa shape index (κ3) is 3.42. The van der Waals surface area contributed by atoms with Gasteiger partial charge in [0, 0.05) is 27.3 Å². The number of halogens is 1. The average Bonchev–Trinajstić information content (AvgIpc) is 3.06. The van der Waals surface area contributed by atoms with E-state index >= 15 is 0 Å². The summed E-state index contributed by atoms with van der Waals surface area (Å²) >= 11 is 7.26. The molecule has 1 amide bonds. The molecule has 0 radical (unpaired) electrons. The number of nitrogens with one attached hydrogen (secondary N) is 2. The second-order valence-corrected chi connectivity index (χ2v) is 6.64. The number of aryl methyl sites for hydroxylation is 2. The maximum atomic E-state index is 12.5. The highest BCUT2D eigenvalue weighted by Crippen LogP contribution is 2.16. The molecule has 0 saturated heterocycles. The number of benzene rings is 1. The van der Waals surface area contributed by atoms with Crippen molar-refractivity contribution in [2.45, 2.75) is 20.3 Å². The maximum absolute atomic E-state index is 12.5. The summed E-state index contributed by atoms with van der Waals surface area (Å²) in [5.74, 6) is -0.279. The van der Waals surface area contributed by atoms with Crippen molar-refractivity contribution in [3.63, 3.8) is 0 Å². The van der Waals surface area contributed by atoms with E-state index < -0.39 is 0 Å². The number of H-pyrrole nitrogens is 1. The van der Waals surface area contributed by atoms with Crippen molar-refractivity contribution < 1.29 is 4.79 Å². The molecule has 0 saturated carbocycles. The van der Waals surface area contributed by atoms with E-state index in [1.54, 1.807) is 31.2 Å². The fourth-order valence-electron chi connectivity index (χ4n) is 2.30. The molecule has 0 unspecified atom stereocenters. The molecule has 0 fully saturated rings. The predicted octanol–water partition coefficient (Wildman–Crippen LogP) is 3.07. The van der Waals surface area contributed by atoms with Crippen LogP contribution in [0.15, 0.2) is 34.4 Å². The summed E-state index contributed by atoms with van der Waals surface area (Å²) in [4.78, 5) is 29.0.